The first-order valence-electron chi connectivity index (χ1n) is 11.2. The topological polar surface area (TPSA) is 112 Å². The van der Waals surface area contributed by atoms with E-state index in [9.17, 15) is 14.9 Å². The molecule has 0 aliphatic carbocycles. The molecule has 9 nitrogen and oxygen atoms in total. The van der Waals surface area contributed by atoms with Gasteiger partial charge in [0.1, 0.15) is 10.8 Å². The van der Waals surface area contributed by atoms with Gasteiger partial charge >= 0.3 is 0 Å². The first kappa shape index (κ1) is 27.2. The number of aromatic nitrogens is 3. The average Bonchev–Trinajstić information content (AvgIpc) is 3.21. The highest BCUT2D eigenvalue weighted by atomic mass is 35.5. The second kappa shape index (κ2) is 11.6. The summed E-state index contributed by atoms with van der Waals surface area (Å²) >= 11 is 7.02. The summed E-state index contributed by atoms with van der Waals surface area (Å²) in [5.74, 6) is 0.991. The number of nitro groups is 1. The summed E-state index contributed by atoms with van der Waals surface area (Å²) in [7, 11) is 0. The van der Waals surface area contributed by atoms with Gasteiger partial charge in [0.05, 0.1) is 10.7 Å². The van der Waals surface area contributed by atoms with E-state index < -0.39 is 11.0 Å². The molecule has 1 unspecified atom stereocenters. The monoisotopic (exact) mass is 529 g/mol. The molecule has 0 fully saturated rings. The zero-order valence-corrected chi connectivity index (χ0v) is 22.1. The number of thioether (sulfide) groups is 1. The Morgan fingerprint density at radius 1 is 1.28 bits per heavy atom. The standard InChI is InChI=1S/C25H28ClN5O4S/c1-6-13-30-23(16(2)35-19-10-7-17(8-11-19)25(3,4)5)28-29-24(30)36-15-22(32)27-18-9-12-20(26)21(14-18)31(33)34/h6-12,14,16H,1,13,15H2,2-5H3,(H,27,32). The van der Waals surface area contributed by atoms with Crippen LogP contribution in [0.5, 0.6) is 5.75 Å². The second-order valence-electron chi connectivity index (χ2n) is 9.03. The number of ether oxygens (including phenoxy) is 1. The molecule has 0 radical (unpaired) electrons. The maximum atomic E-state index is 12.5. The fourth-order valence-electron chi connectivity index (χ4n) is 3.36. The zero-order chi connectivity index (χ0) is 26.5. The number of nitro benzene ring substituents is 1. The molecule has 0 spiro atoms. The minimum absolute atomic E-state index is 0.00101. The number of benzene rings is 2. The van der Waals surface area contributed by atoms with Crippen molar-refractivity contribution >= 4 is 40.6 Å². The fraction of sp³-hybridized carbons (Fsp3) is 0.320. The van der Waals surface area contributed by atoms with Crippen LogP contribution in [0.1, 0.15) is 45.2 Å². The fourth-order valence-corrected chi connectivity index (χ4v) is 4.30. The maximum Gasteiger partial charge on any atom is 0.289 e. The lowest BCUT2D eigenvalue weighted by atomic mass is 9.87. The van der Waals surface area contributed by atoms with E-state index in [-0.39, 0.29) is 33.5 Å². The van der Waals surface area contributed by atoms with Gasteiger partial charge in [-0.25, -0.2) is 0 Å². The Kier molecular flexibility index (Phi) is 8.75. The van der Waals surface area contributed by atoms with Crippen molar-refractivity contribution in [2.45, 2.75) is 50.9 Å². The van der Waals surface area contributed by atoms with Crippen molar-refractivity contribution in [1.29, 1.82) is 0 Å². The van der Waals surface area contributed by atoms with Gasteiger partial charge in [-0.3, -0.25) is 19.5 Å². The lowest BCUT2D eigenvalue weighted by molar-refractivity contribution is -0.384. The number of hydrogen-bond donors (Lipinski definition) is 1. The van der Waals surface area contributed by atoms with E-state index in [2.05, 4.69) is 42.9 Å². The summed E-state index contributed by atoms with van der Waals surface area (Å²) in [4.78, 5) is 22.9. The van der Waals surface area contributed by atoms with Gasteiger partial charge in [-0.15, -0.1) is 16.8 Å². The molecule has 0 bridgehead atoms. The molecule has 36 heavy (non-hydrogen) atoms. The van der Waals surface area contributed by atoms with Gasteiger partial charge in [-0.05, 0) is 42.2 Å². The molecular formula is C25H28ClN5O4S. The van der Waals surface area contributed by atoms with E-state index in [4.69, 9.17) is 16.3 Å². The van der Waals surface area contributed by atoms with Gasteiger partial charge in [-0.1, -0.05) is 62.3 Å². The van der Waals surface area contributed by atoms with Crippen molar-refractivity contribution in [1.82, 2.24) is 14.8 Å². The van der Waals surface area contributed by atoms with E-state index in [1.54, 1.807) is 6.08 Å². The molecule has 3 aromatic rings. The second-order valence-corrected chi connectivity index (χ2v) is 10.4. The number of anilines is 1. The zero-order valence-electron chi connectivity index (χ0n) is 20.5. The molecule has 1 aromatic heterocycles. The Bertz CT molecular complexity index is 1250. The highest BCUT2D eigenvalue weighted by molar-refractivity contribution is 7.99. The molecule has 0 saturated carbocycles. The molecule has 1 N–H and O–H groups in total. The molecule has 1 amide bonds. The minimum Gasteiger partial charge on any atom is -0.483 e. The molecule has 0 saturated heterocycles. The van der Waals surface area contributed by atoms with E-state index >= 15 is 0 Å². The van der Waals surface area contributed by atoms with Crippen molar-refractivity contribution in [3.63, 3.8) is 0 Å². The summed E-state index contributed by atoms with van der Waals surface area (Å²) in [5, 5.41) is 22.8. The molecule has 190 valence electrons. The largest absolute Gasteiger partial charge is 0.483 e. The first-order valence-corrected chi connectivity index (χ1v) is 12.5. The van der Waals surface area contributed by atoms with Crippen LogP contribution in [0.25, 0.3) is 0 Å². The molecule has 3 rings (SSSR count). The molecule has 11 heteroatoms. The Morgan fingerprint density at radius 2 is 1.97 bits per heavy atom. The first-order chi connectivity index (χ1) is 17.0. The van der Waals surface area contributed by atoms with E-state index in [0.717, 1.165) is 0 Å². The predicted molar refractivity (Wildman–Crippen MR) is 142 cm³/mol. The van der Waals surface area contributed by atoms with Crippen molar-refractivity contribution in [3.8, 4) is 5.75 Å². The normalized spacial score (nSPS) is 12.1. The number of nitrogens with one attached hydrogen (secondary N) is 1. The highest BCUT2D eigenvalue weighted by Crippen LogP contribution is 2.29. The van der Waals surface area contributed by atoms with Crippen molar-refractivity contribution in [2.24, 2.45) is 0 Å². The Morgan fingerprint density at radius 3 is 2.58 bits per heavy atom. The summed E-state index contributed by atoms with van der Waals surface area (Å²) in [6.45, 7) is 12.6. The Labute approximate surface area is 219 Å². The van der Waals surface area contributed by atoms with Gasteiger partial charge in [0.15, 0.2) is 17.1 Å². The van der Waals surface area contributed by atoms with Crippen LogP contribution in [-0.2, 0) is 16.8 Å². The van der Waals surface area contributed by atoms with Gasteiger partial charge in [0.25, 0.3) is 5.69 Å². The molecule has 2 aromatic carbocycles. The number of carbonyl (C=O) groups is 1. The van der Waals surface area contributed by atoms with Gasteiger partial charge in [0.2, 0.25) is 5.91 Å². The van der Waals surface area contributed by atoms with Gasteiger partial charge in [-0.2, -0.15) is 0 Å². The van der Waals surface area contributed by atoms with Crippen molar-refractivity contribution in [3.05, 3.63) is 81.6 Å². The molecule has 1 heterocycles. The van der Waals surface area contributed by atoms with Crippen LogP contribution in [0.3, 0.4) is 0 Å². The van der Waals surface area contributed by atoms with E-state index in [1.807, 2.05) is 35.8 Å². The number of allylic oxidation sites excluding steroid dienone is 1. The third kappa shape index (κ3) is 6.86. The van der Waals surface area contributed by atoms with Crippen LogP contribution < -0.4 is 10.1 Å². The minimum atomic E-state index is -0.603. The smallest absolute Gasteiger partial charge is 0.289 e. The predicted octanol–water partition coefficient (Wildman–Crippen LogP) is 6.19. The van der Waals surface area contributed by atoms with Crippen LogP contribution in [-0.4, -0.2) is 31.3 Å². The summed E-state index contributed by atoms with van der Waals surface area (Å²) < 4.78 is 7.94. The van der Waals surface area contributed by atoms with E-state index in [1.165, 1.54) is 35.5 Å². The van der Waals surface area contributed by atoms with Crippen molar-refractivity contribution < 1.29 is 14.5 Å². The maximum absolute atomic E-state index is 12.5. The number of halogens is 1. The third-order valence-electron chi connectivity index (χ3n) is 5.21. The number of amides is 1. The number of rotatable bonds is 10. The van der Waals surface area contributed by atoms with Crippen LogP contribution >= 0.6 is 23.4 Å². The van der Waals surface area contributed by atoms with Crippen LogP contribution in [0.15, 0.2) is 60.3 Å². The van der Waals surface area contributed by atoms with Crippen LogP contribution in [0.4, 0.5) is 11.4 Å². The van der Waals surface area contributed by atoms with Gasteiger partial charge < -0.3 is 10.1 Å². The summed E-state index contributed by atoms with van der Waals surface area (Å²) in [6, 6.07) is 12.1. The Hall–Kier alpha value is -3.37. The molecule has 0 aliphatic heterocycles. The van der Waals surface area contributed by atoms with Gasteiger partial charge in [0, 0.05) is 18.3 Å². The lowest BCUT2D eigenvalue weighted by Crippen LogP contribution is -2.15. The Balaban J connectivity index is 1.67. The van der Waals surface area contributed by atoms with Crippen LogP contribution in [0, 0.1) is 10.1 Å². The number of hydrogen-bond acceptors (Lipinski definition) is 7. The average molecular weight is 530 g/mol. The van der Waals surface area contributed by atoms with E-state index in [0.29, 0.717) is 23.3 Å². The SMILES string of the molecule is C=CCn1c(SCC(=O)Nc2ccc(Cl)c([N+](=O)[O-])c2)nnc1C(C)Oc1ccc(C(C)(C)C)cc1. The number of nitrogens with zero attached hydrogens (tertiary/aromatic N) is 4. The molecule has 0 aliphatic rings. The molecule has 1 atom stereocenters. The molecular weight excluding hydrogens is 502 g/mol. The summed E-state index contributed by atoms with van der Waals surface area (Å²) in [6.07, 6.45) is 1.32. The lowest BCUT2D eigenvalue weighted by Gasteiger charge is -2.20. The quantitative estimate of drug-likeness (QED) is 0.144. The number of carbonyl (C=O) groups excluding carboxylic acids is 1. The summed E-state index contributed by atoms with van der Waals surface area (Å²) in [5.41, 5.74) is 1.26. The highest BCUT2D eigenvalue weighted by Gasteiger charge is 2.21. The third-order valence-corrected chi connectivity index (χ3v) is 6.50. The van der Waals surface area contributed by atoms with Crippen LogP contribution in [0.2, 0.25) is 5.02 Å². The van der Waals surface area contributed by atoms with Crippen molar-refractivity contribution in [2.75, 3.05) is 11.1 Å².